The van der Waals surface area contributed by atoms with Crippen molar-refractivity contribution in [2.45, 2.75) is 12.3 Å². The van der Waals surface area contributed by atoms with Gasteiger partial charge in [-0.25, -0.2) is 0 Å². The minimum atomic E-state index is -0.420. The van der Waals surface area contributed by atoms with Crippen molar-refractivity contribution in [2.24, 2.45) is 0 Å². The summed E-state index contributed by atoms with van der Waals surface area (Å²) in [6.07, 6.45) is 17.0. The maximum absolute atomic E-state index is 5.96. The van der Waals surface area contributed by atoms with Gasteiger partial charge in [-0.2, -0.15) is 0 Å². The van der Waals surface area contributed by atoms with Crippen LogP contribution in [0.4, 0.5) is 0 Å². The van der Waals surface area contributed by atoms with E-state index < -0.39 is 5.41 Å². The molecule has 0 saturated heterocycles. The SMILES string of the molecule is C#CCOc1c(C#C)ccc(C2(C)c3ccccc3-c3ccccc32)c1C#C. The molecule has 0 radical (unpaired) electrons. The van der Waals surface area contributed by atoms with Gasteiger partial charge in [-0.1, -0.05) is 72.4 Å². The van der Waals surface area contributed by atoms with Gasteiger partial charge < -0.3 is 4.74 Å². The summed E-state index contributed by atoms with van der Waals surface area (Å²) in [6.45, 7) is 2.31. The fourth-order valence-electron chi connectivity index (χ4n) is 4.26. The van der Waals surface area contributed by atoms with Gasteiger partial charge >= 0.3 is 0 Å². The molecule has 28 heavy (non-hydrogen) atoms. The van der Waals surface area contributed by atoms with E-state index in [0.717, 1.165) is 5.56 Å². The van der Waals surface area contributed by atoms with E-state index >= 15 is 0 Å². The van der Waals surface area contributed by atoms with Gasteiger partial charge in [0.2, 0.25) is 0 Å². The molecular weight excluding hydrogens is 340 g/mol. The van der Waals surface area contributed by atoms with Crippen LogP contribution in [0.3, 0.4) is 0 Å². The van der Waals surface area contributed by atoms with Gasteiger partial charge in [-0.05, 0) is 40.8 Å². The maximum Gasteiger partial charge on any atom is 0.152 e. The number of fused-ring (bicyclic) bond motifs is 3. The van der Waals surface area contributed by atoms with E-state index in [0.29, 0.717) is 16.9 Å². The highest BCUT2D eigenvalue weighted by Gasteiger charge is 2.42. The smallest absolute Gasteiger partial charge is 0.152 e. The lowest BCUT2D eigenvalue weighted by Gasteiger charge is -2.30. The molecule has 0 atom stereocenters. The Morgan fingerprint density at radius 1 is 0.786 bits per heavy atom. The topological polar surface area (TPSA) is 9.23 Å². The Hall–Kier alpha value is -3.86. The summed E-state index contributed by atoms with van der Waals surface area (Å²) < 4.78 is 5.80. The number of terminal acetylenes is 3. The van der Waals surface area contributed by atoms with E-state index in [-0.39, 0.29) is 6.61 Å². The van der Waals surface area contributed by atoms with Crippen LogP contribution in [0.5, 0.6) is 5.75 Å². The summed E-state index contributed by atoms with van der Waals surface area (Å²) >= 11 is 0. The highest BCUT2D eigenvalue weighted by molar-refractivity contribution is 5.84. The lowest BCUT2D eigenvalue weighted by molar-refractivity contribution is 0.367. The summed E-state index contributed by atoms with van der Waals surface area (Å²) in [4.78, 5) is 0. The van der Waals surface area contributed by atoms with Crippen LogP contribution in [0.15, 0.2) is 60.7 Å². The first kappa shape index (κ1) is 17.5. The van der Waals surface area contributed by atoms with Gasteiger partial charge in [0.1, 0.15) is 6.61 Å². The van der Waals surface area contributed by atoms with Crippen molar-refractivity contribution < 1.29 is 4.74 Å². The molecule has 0 amide bonds. The van der Waals surface area contributed by atoms with Crippen LogP contribution in [0, 0.1) is 37.0 Å². The molecule has 0 unspecified atom stereocenters. The van der Waals surface area contributed by atoms with E-state index in [9.17, 15) is 0 Å². The number of hydrogen-bond donors (Lipinski definition) is 0. The molecule has 3 aromatic rings. The zero-order valence-electron chi connectivity index (χ0n) is 15.6. The first-order valence-electron chi connectivity index (χ1n) is 9.03. The van der Waals surface area contributed by atoms with E-state index in [1.165, 1.54) is 22.3 Å². The van der Waals surface area contributed by atoms with Crippen molar-refractivity contribution in [2.75, 3.05) is 6.61 Å². The fraction of sp³-hybridized carbons (Fsp3) is 0.111. The van der Waals surface area contributed by atoms with Crippen molar-refractivity contribution in [3.8, 4) is 53.9 Å². The summed E-state index contributed by atoms with van der Waals surface area (Å²) in [5, 5.41) is 0. The first-order valence-corrected chi connectivity index (χ1v) is 9.03. The minimum absolute atomic E-state index is 0.108. The molecule has 0 fully saturated rings. The second kappa shape index (κ2) is 6.70. The normalized spacial score (nSPS) is 12.8. The number of benzene rings is 3. The standard InChI is InChI=1S/C27H18O/c1-5-18-28-26-19(6-2)16-17-25(20(26)7-3)27(4)23-14-10-8-12-21(23)22-13-9-11-15-24(22)27/h1-3,8-17H,18H2,4H3. The van der Waals surface area contributed by atoms with Gasteiger partial charge in [0.05, 0.1) is 11.1 Å². The molecule has 3 aromatic carbocycles. The number of rotatable bonds is 3. The van der Waals surface area contributed by atoms with Crippen LogP contribution in [0.25, 0.3) is 11.1 Å². The van der Waals surface area contributed by atoms with E-state index in [2.05, 4.69) is 73.2 Å². The molecule has 4 rings (SSSR count). The van der Waals surface area contributed by atoms with Crippen molar-refractivity contribution in [1.82, 2.24) is 0 Å². The lowest BCUT2D eigenvalue weighted by atomic mass is 9.72. The zero-order chi connectivity index (χ0) is 19.7. The molecule has 0 aliphatic heterocycles. The van der Waals surface area contributed by atoms with E-state index in [1.807, 2.05) is 12.1 Å². The fourth-order valence-corrected chi connectivity index (χ4v) is 4.26. The molecule has 0 aromatic heterocycles. The summed E-state index contributed by atoms with van der Waals surface area (Å²) in [7, 11) is 0. The lowest BCUT2D eigenvalue weighted by Crippen LogP contribution is -2.24. The van der Waals surface area contributed by atoms with Crippen molar-refractivity contribution in [3.63, 3.8) is 0 Å². The predicted molar refractivity (Wildman–Crippen MR) is 114 cm³/mol. The molecule has 0 N–H and O–H groups in total. The Bertz CT molecular complexity index is 1160. The molecule has 1 aliphatic rings. The molecule has 0 heterocycles. The highest BCUT2D eigenvalue weighted by atomic mass is 16.5. The molecule has 1 aliphatic carbocycles. The molecule has 132 valence electrons. The Morgan fingerprint density at radius 2 is 1.39 bits per heavy atom. The van der Waals surface area contributed by atoms with Crippen LogP contribution in [-0.4, -0.2) is 6.61 Å². The second-order valence-corrected chi connectivity index (χ2v) is 6.86. The highest BCUT2D eigenvalue weighted by Crippen LogP contribution is 2.53. The third-order valence-corrected chi connectivity index (χ3v) is 5.52. The van der Waals surface area contributed by atoms with Crippen LogP contribution in [0.1, 0.15) is 34.7 Å². The monoisotopic (exact) mass is 358 g/mol. The Labute approximate surface area is 166 Å². The number of hydrogen-bond acceptors (Lipinski definition) is 1. The molecule has 1 nitrogen and oxygen atoms in total. The van der Waals surface area contributed by atoms with Crippen molar-refractivity contribution in [3.05, 3.63) is 88.5 Å². The van der Waals surface area contributed by atoms with Gasteiger partial charge in [-0.15, -0.1) is 19.3 Å². The predicted octanol–water partition coefficient (Wildman–Crippen LogP) is 5.00. The largest absolute Gasteiger partial charge is 0.478 e. The van der Waals surface area contributed by atoms with Gasteiger partial charge in [-0.3, -0.25) is 0 Å². The molecule has 0 saturated carbocycles. The summed E-state index contributed by atoms with van der Waals surface area (Å²) in [5.74, 6) is 8.47. The summed E-state index contributed by atoms with van der Waals surface area (Å²) in [5.41, 5.74) is 6.68. The second-order valence-electron chi connectivity index (χ2n) is 6.86. The summed E-state index contributed by atoms with van der Waals surface area (Å²) in [6, 6.07) is 20.8. The van der Waals surface area contributed by atoms with Crippen molar-refractivity contribution >= 4 is 0 Å². The van der Waals surface area contributed by atoms with Gasteiger partial charge in [0.15, 0.2) is 5.75 Å². The third-order valence-electron chi connectivity index (χ3n) is 5.52. The van der Waals surface area contributed by atoms with Crippen LogP contribution >= 0.6 is 0 Å². The molecule has 0 bridgehead atoms. The third kappa shape index (κ3) is 2.33. The van der Waals surface area contributed by atoms with Crippen LogP contribution < -0.4 is 4.74 Å². The van der Waals surface area contributed by atoms with E-state index in [4.69, 9.17) is 24.0 Å². The molecule has 0 spiro atoms. The van der Waals surface area contributed by atoms with Crippen LogP contribution in [-0.2, 0) is 5.41 Å². The average molecular weight is 358 g/mol. The quantitative estimate of drug-likeness (QED) is 0.599. The molecular formula is C27H18O. The molecule has 1 heteroatoms. The van der Waals surface area contributed by atoms with Crippen molar-refractivity contribution in [1.29, 1.82) is 0 Å². The average Bonchev–Trinajstić information content (AvgIpc) is 3.01. The Balaban J connectivity index is 2.06. The number of ether oxygens (including phenoxy) is 1. The Kier molecular flexibility index (Phi) is 4.20. The van der Waals surface area contributed by atoms with E-state index in [1.54, 1.807) is 0 Å². The van der Waals surface area contributed by atoms with Gasteiger partial charge in [0, 0.05) is 5.41 Å². The van der Waals surface area contributed by atoms with Gasteiger partial charge in [0.25, 0.3) is 0 Å². The Morgan fingerprint density at radius 3 is 1.93 bits per heavy atom. The first-order chi connectivity index (χ1) is 13.7. The maximum atomic E-state index is 5.96. The minimum Gasteiger partial charge on any atom is -0.478 e. The van der Waals surface area contributed by atoms with Crippen LogP contribution in [0.2, 0.25) is 0 Å². The zero-order valence-corrected chi connectivity index (χ0v) is 15.6.